The van der Waals surface area contributed by atoms with Crippen molar-refractivity contribution in [2.24, 2.45) is 0 Å². The van der Waals surface area contributed by atoms with E-state index in [-0.39, 0.29) is 9.36 Å². The average Bonchev–Trinajstić information content (AvgIpc) is 3.05. The van der Waals surface area contributed by atoms with Crippen LogP contribution in [0.1, 0.15) is 0 Å². The fraction of sp³-hybridized carbons (Fsp3) is 0. The van der Waals surface area contributed by atoms with Crippen molar-refractivity contribution in [2.45, 2.75) is 0 Å². The zero-order valence-electron chi connectivity index (χ0n) is 22.0. The Kier molecular flexibility index (Phi) is 8.62. The third-order valence-corrected chi connectivity index (χ3v) is 42.3. The number of hydrogen-bond acceptors (Lipinski definition) is 0. The van der Waals surface area contributed by atoms with E-state index in [1.807, 2.05) is 0 Å². The molecule has 0 saturated heterocycles. The Bertz CT molecular complexity index is 1310. The molecule has 0 bridgehead atoms. The quantitative estimate of drug-likeness (QED) is 0.0888. The van der Waals surface area contributed by atoms with E-state index in [1.54, 1.807) is 0 Å². The second-order valence-corrected chi connectivity index (χ2v) is 32.6. The molecule has 0 amide bonds. The molecule has 203 valence electrons. The summed E-state index contributed by atoms with van der Waals surface area (Å²) in [6.45, 7) is 0. The van der Waals surface area contributed by atoms with Crippen LogP contribution >= 0.6 is 32.6 Å². The van der Waals surface area contributed by atoms with E-state index < -0.39 is 12.1 Å². The SMILES string of the molecule is [I][Ni]([PH](c1ccccc1)(c1ccccc1)c1ccccc1)[PH](c1ccccc1)(c1ccccc1)c1ccccc1. The van der Waals surface area contributed by atoms with Gasteiger partial charge >= 0.3 is 256 Å². The fourth-order valence-electron chi connectivity index (χ4n) is 5.60. The normalized spacial score (nSPS) is 12.9. The van der Waals surface area contributed by atoms with Crippen molar-refractivity contribution >= 4 is 64.4 Å². The molecule has 0 aliphatic rings. The molecule has 0 spiro atoms. The van der Waals surface area contributed by atoms with Crippen molar-refractivity contribution < 1.29 is 9.36 Å². The predicted molar refractivity (Wildman–Crippen MR) is 187 cm³/mol. The van der Waals surface area contributed by atoms with E-state index in [9.17, 15) is 0 Å². The zero-order valence-corrected chi connectivity index (χ0v) is 27.2. The molecular weight excluding hydrogens is 680 g/mol. The summed E-state index contributed by atoms with van der Waals surface area (Å²) < 4.78 is 0. The van der Waals surface area contributed by atoms with Crippen LogP contribution in [0.25, 0.3) is 0 Å². The molecule has 0 unspecified atom stereocenters. The molecule has 6 aromatic carbocycles. The molecule has 6 aromatic rings. The van der Waals surface area contributed by atoms with Crippen LogP contribution in [0.4, 0.5) is 0 Å². The van der Waals surface area contributed by atoms with Crippen molar-refractivity contribution in [3.05, 3.63) is 182 Å². The molecule has 4 heteroatoms. The van der Waals surface area contributed by atoms with Gasteiger partial charge in [-0.25, -0.2) is 0 Å². The molecule has 6 rings (SSSR count). The first-order chi connectivity index (χ1) is 19.8. The summed E-state index contributed by atoms with van der Waals surface area (Å²) in [6.07, 6.45) is 0. The second kappa shape index (κ2) is 12.5. The third kappa shape index (κ3) is 4.80. The summed E-state index contributed by atoms with van der Waals surface area (Å²) in [4.78, 5) is 0. The molecule has 40 heavy (non-hydrogen) atoms. The first kappa shape index (κ1) is 27.6. The maximum absolute atomic E-state index is 2.96. The van der Waals surface area contributed by atoms with Crippen LogP contribution in [0.15, 0.2) is 182 Å². The van der Waals surface area contributed by atoms with Crippen molar-refractivity contribution in [1.82, 2.24) is 0 Å². The summed E-state index contributed by atoms with van der Waals surface area (Å²) in [6, 6.07) is 63.2. The van der Waals surface area contributed by atoms with Gasteiger partial charge in [-0.15, -0.1) is 0 Å². The molecule has 0 aliphatic carbocycles. The van der Waals surface area contributed by atoms with Crippen LogP contribution in [-0.4, -0.2) is 0 Å². The minimum atomic E-state index is -2.62. The van der Waals surface area contributed by atoms with Gasteiger partial charge in [0.2, 0.25) is 0 Å². The van der Waals surface area contributed by atoms with Gasteiger partial charge in [-0.2, -0.15) is 0 Å². The van der Waals surface area contributed by atoms with Crippen LogP contribution in [-0.2, 0) is 9.36 Å². The summed E-state index contributed by atoms with van der Waals surface area (Å²) in [5, 5.41) is 8.81. The fourth-order valence-corrected chi connectivity index (χ4v) is 47.6. The van der Waals surface area contributed by atoms with Gasteiger partial charge in [-0.1, -0.05) is 0 Å². The van der Waals surface area contributed by atoms with E-state index >= 15 is 0 Å². The van der Waals surface area contributed by atoms with E-state index in [4.69, 9.17) is 0 Å². The standard InChI is InChI=1S/2C18H15P.HI.Ni/c2*1-4-10-16(11-5-1)19(17-12-6-2-7-13-17)18-14-8-3-9-15-18;;/h2*1-15H;1H;/q;;;-1/p+1. The van der Waals surface area contributed by atoms with Crippen LogP contribution in [0, 0.1) is 0 Å². The minimum absolute atomic E-state index is 0.333. The van der Waals surface area contributed by atoms with Crippen molar-refractivity contribution in [3.63, 3.8) is 0 Å². The Balaban J connectivity index is 1.81. The van der Waals surface area contributed by atoms with Gasteiger partial charge in [0, 0.05) is 0 Å². The predicted octanol–water partition coefficient (Wildman–Crippen LogP) is 7.24. The van der Waals surface area contributed by atoms with E-state index in [2.05, 4.69) is 202 Å². The van der Waals surface area contributed by atoms with Gasteiger partial charge in [-0.3, -0.25) is 0 Å². The Morgan fingerprint density at radius 2 is 0.425 bits per heavy atom. The Labute approximate surface area is 254 Å². The Morgan fingerprint density at radius 3 is 0.575 bits per heavy atom. The van der Waals surface area contributed by atoms with Crippen molar-refractivity contribution in [1.29, 1.82) is 0 Å². The van der Waals surface area contributed by atoms with Crippen LogP contribution < -0.4 is 31.8 Å². The number of rotatable bonds is 8. The molecule has 0 saturated carbocycles. The van der Waals surface area contributed by atoms with Gasteiger partial charge in [-0.05, 0) is 0 Å². The van der Waals surface area contributed by atoms with Crippen LogP contribution in [0.2, 0.25) is 0 Å². The molecule has 0 nitrogen and oxygen atoms in total. The Morgan fingerprint density at radius 1 is 0.275 bits per heavy atom. The summed E-state index contributed by atoms with van der Waals surface area (Å²) in [5.41, 5.74) is 0. The molecule has 0 radical (unpaired) electrons. The van der Waals surface area contributed by atoms with E-state index in [1.165, 1.54) is 31.8 Å². The summed E-state index contributed by atoms with van der Waals surface area (Å²) in [7, 11) is -0.333. The van der Waals surface area contributed by atoms with Gasteiger partial charge in [0.05, 0.1) is 0 Å². The molecule has 0 heterocycles. The molecule has 0 atom stereocenters. The third-order valence-electron chi connectivity index (χ3n) is 7.34. The van der Waals surface area contributed by atoms with Crippen LogP contribution in [0.5, 0.6) is 0 Å². The van der Waals surface area contributed by atoms with Gasteiger partial charge < -0.3 is 0 Å². The monoisotopic (exact) mass is 711 g/mol. The van der Waals surface area contributed by atoms with E-state index in [0.717, 1.165) is 0 Å². The number of benzene rings is 6. The summed E-state index contributed by atoms with van der Waals surface area (Å²) in [5.74, 6) is 0. The summed E-state index contributed by atoms with van der Waals surface area (Å²) >= 11 is 2.96. The van der Waals surface area contributed by atoms with Crippen LogP contribution in [0.3, 0.4) is 0 Å². The topological polar surface area (TPSA) is 0 Å². The first-order valence-electron chi connectivity index (χ1n) is 13.4. The van der Waals surface area contributed by atoms with Crippen molar-refractivity contribution in [2.75, 3.05) is 0 Å². The van der Waals surface area contributed by atoms with Crippen molar-refractivity contribution in [3.8, 4) is 0 Å². The molecule has 0 fully saturated rings. The number of halogens is 1. The van der Waals surface area contributed by atoms with Gasteiger partial charge in [0.1, 0.15) is 0 Å². The number of hydrogen-bond donors (Lipinski definition) is 0. The molecule has 0 aliphatic heterocycles. The van der Waals surface area contributed by atoms with Gasteiger partial charge in [0.25, 0.3) is 0 Å². The average molecular weight is 712 g/mol. The second-order valence-electron chi connectivity index (χ2n) is 9.62. The Hall–Kier alpha value is -2.60. The molecular formula is C36H32INiP2. The molecule has 0 aromatic heterocycles. The van der Waals surface area contributed by atoms with Gasteiger partial charge in [0.15, 0.2) is 0 Å². The van der Waals surface area contributed by atoms with E-state index in [0.29, 0.717) is 0 Å². The maximum atomic E-state index is 2.96. The first-order valence-corrected chi connectivity index (χ1v) is 23.2. The zero-order chi connectivity index (χ0) is 27.3. The molecule has 0 N–H and O–H groups in total.